The number of piperidine rings is 1. The fourth-order valence-electron chi connectivity index (χ4n) is 4.77. The van der Waals surface area contributed by atoms with Crippen LogP contribution in [0, 0.1) is 5.41 Å². The van der Waals surface area contributed by atoms with Crippen LogP contribution in [0.5, 0.6) is 0 Å². The molecular formula is C26H32Cl2N2OS. The summed E-state index contributed by atoms with van der Waals surface area (Å²) in [6.45, 7) is 10.3. The Labute approximate surface area is 206 Å². The van der Waals surface area contributed by atoms with Crippen LogP contribution in [0.1, 0.15) is 63.3 Å². The van der Waals surface area contributed by atoms with Gasteiger partial charge in [-0.05, 0) is 67.5 Å². The number of hydrogen-bond acceptors (Lipinski definition) is 3. The van der Waals surface area contributed by atoms with Crippen LogP contribution in [-0.4, -0.2) is 33.3 Å². The second-order valence-electron chi connectivity index (χ2n) is 8.81. The van der Waals surface area contributed by atoms with Crippen molar-refractivity contribution in [3.05, 3.63) is 76.6 Å². The van der Waals surface area contributed by atoms with Crippen molar-refractivity contribution in [1.29, 1.82) is 0 Å². The lowest BCUT2D eigenvalue weighted by Crippen LogP contribution is -2.55. The van der Waals surface area contributed by atoms with Gasteiger partial charge in [0.1, 0.15) is 0 Å². The fourth-order valence-corrected chi connectivity index (χ4v) is 5.87. The standard InChI is InChI=1S/C26H32Cl2N2OS/c1-5-13-26(4)16-22(19-8-7-9-20(27)15-19)24(23-11-10-21(28)17-29-23)30(25(26)31)18(3)12-14-32-6-2/h5,7-11,15,17-18,22,24H,1,6,12-14,16H2,2-4H3/t18-,22+,24-,26-/m0/s1. The van der Waals surface area contributed by atoms with Gasteiger partial charge in [-0.15, -0.1) is 6.58 Å². The molecule has 6 heteroatoms. The number of nitrogens with zero attached hydrogens (tertiary/aromatic N) is 2. The number of carbonyl (C=O) groups excluding carboxylic acids is 1. The number of amides is 1. The molecule has 2 aromatic rings. The predicted molar refractivity (Wildman–Crippen MR) is 138 cm³/mol. The number of hydrogen-bond donors (Lipinski definition) is 0. The highest BCUT2D eigenvalue weighted by molar-refractivity contribution is 7.99. The molecule has 1 saturated heterocycles. The maximum atomic E-state index is 14.0. The van der Waals surface area contributed by atoms with Gasteiger partial charge in [0.15, 0.2) is 0 Å². The molecule has 172 valence electrons. The molecule has 0 bridgehead atoms. The van der Waals surface area contributed by atoms with Gasteiger partial charge >= 0.3 is 0 Å². The molecule has 1 fully saturated rings. The van der Waals surface area contributed by atoms with Gasteiger partial charge in [-0.25, -0.2) is 0 Å². The predicted octanol–water partition coefficient (Wildman–Crippen LogP) is 7.56. The zero-order valence-electron chi connectivity index (χ0n) is 19.1. The molecule has 1 aromatic carbocycles. The van der Waals surface area contributed by atoms with Crippen LogP contribution in [0.2, 0.25) is 10.0 Å². The zero-order chi connectivity index (χ0) is 23.3. The van der Waals surface area contributed by atoms with Crippen LogP contribution in [0.3, 0.4) is 0 Å². The highest BCUT2D eigenvalue weighted by Gasteiger charge is 2.50. The summed E-state index contributed by atoms with van der Waals surface area (Å²) >= 11 is 14.4. The lowest BCUT2D eigenvalue weighted by molar-refractivity contribution is -0.154. The largest absolute Gasteiger partial charge is 0.330 e. The van der Waals surface area contributed by atoms with Crippen molar-refractivity contribution in [2.75, 3.05) is 11.5 Å². The number of pyridine rings is 1. The normalized spacial score (nSPS) is 24.4. The van der Waals surface area contributed by atoms with Gasteiger partial charge in [-0.1, -0.05) is 55.3 Å². The topological polar surface area (TPSA) is 33.2 Å². The summed E-state index contributed by atoms with van der Waals surface area (Å²) in [5.41, 5.74) is 1.47. The molecule has 32 heavy (non-hydrogen) atoms. The van der Waals surface area contributed by atoms with E-state index in [2.05, 4.69) is 43.3 Å². The molecule has 0 saturated carbocycles. The molecule has 1 aliphatic heterocycles. The van der Waals surface area contributed by atoms with Crippen LogP contribution >= 0.6 is 35.0 Å². The minimum atomic E-state index is -0.524. The first-order chi connectivity index (χ1) is 15.3. The van der Waals surface area contributed by atoms with E-state index >= 15 is 0 Å². The Morgan fingerprint density at radius 1 is 1.31 bits per heavy atom. The van der Waals surface area contributed by atoms with Crippen LogP contribution in [-0.2, 0) is 4.79 Å². The summed E-state index contributed by atoms with van der Waals surface area (Å²) in [4.78, 5) is 20.8. The van der Waals surface area contributed by atoms with Gasteiger partial charge in [0.25, 0.3) is 0 Å². The summed E-state index contributed by atoms with van der Waals surface area (Å²) in [6, 6.07) is 11.7. The summed E-state index contributed by atoms with van der Waals surface area (Å²) in [6.07, 6.45) is 5.81. The molecule has 0 spiro atoms. The van der Waals surface area contributed by atoms with E-state index in [0.717, 1.165) is 29.2 Å². The molecule has 1 amide bonds. The van der Waals surface area contributed by atoms with E-state index in [-0.39, 0.29) is 23.9 Å². The Morgan fingerprint density at radius 2 is 2.09 bits per heavy atom. The van der Waals surface area contributed by atoms with Crippen molar-refractivity contribution in [2.24, 2.45) is 5.41 Å². The van der Waals surface area contributed by atoms with Gasteiger partial charge in [0.05, 0.1) is 22.2 Å². The van der Waals surface area contributed by atoms with E-state index in [4.69, 9.17) is 23.2 Å². The Morgan fingerprint density at radius 3 is 2.72 bits per heavy atom. The van der Waals surface area contributed by atoms with Gasteiger partial charge in [0.2, 0.25) is 5.91 Å². The molecule has 3 nitrogen and oxygen atoms in total. The fraction of sp³-hybridized carbons (Fsp3) is 0.462. The van der Waals surface area contributed by atoms with Crippen LogP contribution in [0.25, 0.3) is 0 Å². The van der Waals surface area contributed by atoms with E-state index in [1.165, 1.54) is 0 Å². The van der Waals surface area contributed by atoms with Crippen LogP contribution in [0.15, 0.2) is 55.3 Å². The first kappa shape index (κ1) is 25.1. The third-order valence-electron chi connectivity index (χ3n) is 6.39. The average molecular weight is 492 g/mol. The zero-order valence-corrected chi connectivity index (χ0v) is 21.4. The van der Waals surface area contributed by atoms with Crippen molar-refractivity contribution >= 4 is 40.9 Å². The Bertz CT molecular complexity index is 936. The van der Waals surface area contributed by atoms with Crippen molar-refractivity contribution in [3.8, 4) is 0 Å². The number of halogens is 2. The van der Waals surface area contributed by atoms with Crippen LogP contribution in [0.4, 0.5) is 0 Å². The van der Waals surface area contributed by atoms with E-state index in [9.17, 15) is 4.79 Å². The third-order valence-corrected chi connectivity index (χ3v) is 7.78. The maximum Gasteiger partial charge on any atom is 0.229 e. The third kappa shape index (κ3) is 5.52. The van der Waals surface area contributed by atoms with E-state index in [1.54, 1.807) is 6.20 Å². The monoisotopic (exact) mass is 490 g/mol. The second kappa shape index (κ2) is 11.1. The van der Waals surface area contributed by atoms with Gasteiger partial charge in [-0.2, -0.15) is 11.8 Å². The SMILES string of the molecule is C=CC[C@@]1(C)C[C@H](c2cccc(Cl)c2)[C@@H](c2ccc(Cl)cn2)N([C@@H](C)CCSCC)C1=O. The number of allylic oxidation sites excluding steroid dienone is 1. The molecule has 1 aliphatic rings. The highest BCUT2D eigenvalue weighted by atomic mass is 35.5. The van der Waals surface area contributed by atoms with E-state index in [0.29, 0.717) is 22.9 Å². The van der Waals surface area contributed by atoms with Crippen LogP contribution < -0.4 is 0 Å². The smallest absolute Gasteiger partial charge is 0.229 e. The number of benzene rings is 1. The van der Waals surface area contributed by atoms with Crippen molar-refractivity contribution < 1.29 is 4.79 Å². The molecule has 0 unspecified atom stereocenters. The maximum absolute atomic E-state index is 14.0. The quantitative estimate of drug-likeness (QED) is 0.268. The number of rotatable bonds is 9. The first-order valence-corrected chi connectivity index (χ1v) is 13.1. The van der Waals surface area contributed by atoms with Crippen molar-refractivity contribution in [2.45, 2.75) is 58.0 Å². The molecule has 1 aromatic heterocycles. The number of carbonyl (C=O) groups is 1. The molecule has 0 radical (unpaired) electrons. The summed E-state index contributed by atoms with van der Waals surface area (Å²) in [5, 5.41) is 1.29. The van der Waals surface area contributed by atoms with E-state index in [1.807, 2.05) is 48.2 Å². The number of aromatic nitrogens is 1. The van der Waals surface area contributed by atoms with Gasteiger partial charge < -0.3 is 4.90 Å². The summed E-state index contributed by atoms with van der Waals surface area (Å²) < 4.78 is 0. The second-order valence-corrected chi connectivity index (χ2v) is 11.1. The summed E-state index contributed by atoms with van der Waals surface area (Å²) in [7, 11) is 0. The molecule has 0 aliphatic carbocycles. The first-order valence-electron chi connectivity index (χ1n) is 11.2. The number of likely N-dealkylation sites (tertiary alicyclic amines) is 1. The average Bonchev–Trinajstić information content (AvgIpc) is 2.76. The molecular weight excluding hydrogens is 459 g/mol. The molecule has 2 heterocycles. The Balaban J connectivity index is 2.13. The summed E-state index contributed by atoms with van der Waals surface area (Å²) in [5.74, 6) is 2.32. The van der Waals surface area contributed by atoms with Gasteiger partial charge in [-0.3, -0.25) is 9.78 Å². The van der Waals surface area contributed by atoms with E-state index < -0.39 is 5.41 Å². The molecule has 4 atom stereocenters. The molecule has 3 rings (SSSR count). The lowest BCUT2D eigenvalue weighted by atomic mass is 9.67. The Hall–Kier alpha value is -1.49. The minimum Gasteiger partial charge on any atom is -0.330 e. The van der Waals surface area contributed by atoms with Gasteiger partial charge in [0, 0.05) is 23.2 Å². The molecule has 0 N–H and O–H groups in total. The Kier molecular flexibility index (Phi) is 8.71. The van der Waals surface area contributed by atoms with Crippen molar-refractivity contribution in [3.63, 3.8) is 0 Å². The van der Waals surface area contributed by atoms with Crippen molar-refractivity contribution in [1.82, 2.24) is 9.88 Å². The highest BCUT2D eigenvalue weighted by Crippen LogP contribution is 2.51. The lowest BCUT2D eigenvalue weighted by Gasteiger charge is -2.51. The minimum absolute atomic E-state index is 0.0614. The number of thioether (sulfide) groups is 1.